The van der Waals surface area contributed by atoms with E-state index in [1.54, 1.807) is 12.4 Å². The van der Waals surface area contributed by atoms with Crippen molar-refractivity contribution in [1.82, 2.24) is 19.9 Å². The Morgan fingerprint density at radius 2 is 2.00 bits per heavy atom. The first-order valence-electron chi connectivity index (χ1n) is 9.67. The topological polar surface area (TPSA) is 65.1 Å². The fraction of sp³-hybridized carbons (Fsp3) is 0.381. The summed E-state index contributed by atoms with van der Waals surface area (Å²) in [5.74, 6) is 1.07. The molecule has 6 nitrogen and oxygen atoms in total. The summed E-state index contributed by atoms with van der Waals surface area (Å²) in [6.07, 6.45) is 5.92. The Hall–Kier alpha value is -2.44. The third kappa shape index (κ3) is 3.27. The van der Waals surface area contributed by atoms with Crippen LogP contribution in [0.3, 0.4) is 0 Å². The number of nitrogens with zero attached hydrogens (tertiary/aromatic N) is 4. The molecule has 3 aromatic rings. The quantitative estimate of drug-likeness (QED) is 0.686. The molecule has 2 aromatic heterocycles. The van der Waals surface area contributed by atoms with Gasteiger partial charge in [0.2, 0.25) is 0 Å². The van der Waals surface area contributed by atoms with Crippen molar-refractivity contribution in [3.05, 3.63) is 53.4 Å². The highest BCUT2D eigenvalue weighted by Crippen LogP contribution is 2.48. The van der Waals surface area contributed by atoms with Crippen LogP contribution >= 0.6 is 11.6 Å². The number of hydrogen-bond acceptors (Lipinski definition) is 5. The third-order valence-electron chi connectivity index (χ3n) is 5.90. The maximum atomic E-state index is 12.8. The number of Topliss-reactive ketones (excluding diaryl/α,β-unsaturated/α-hetero) is 1. The standard InChI is InChI=1S/C21H22ClN5O/c22-17-4-2-1-3-15(17)18(28)11-26-9-10-27(13-21(12-26)6-7-21)20-16-5-8-23-19(16)24-14-25-20/h1-5,8,14H,6-7,9-13H2,(H,23,24,25). The number of aromatic amines is 1. The molecule has 0 radical (unpaired) electrons. The highest BCUT2D eigenvalue weighted by atomic mass is 35.5. The fourth-order valence-corrected chi connectivity index (χ4v) is 4.49. The molecule has 1 saturated heterocycles. The molecule has 3 heterocycles. The van der Waals surface area contributed by atoms with Crippen molar-refractivity contribution in [3.8, 4) is 0 Å². The molecular weight excluding hydrogens is 374 g/mol. The molecule has 1 aromatic carbocycles. The van der Waals surface area contributed by atoms with Gasteiger partial charge in [-0.15, -0.1) is 0 Å². The van der Waals surface area contributed by atoms with E-state index in [9.17, 15) is 4.79 Å². The van der Waals surface area contributed by atoms with Gasteiger partial charge in [0.25, 0.3) is 0 Å². The summed E-state index contributed by atoms with van der Waals surface area (Å²) < 4.78 is 0. The van der Waals surface area contributed by atoms with E-state index in [-0.39, 0.29) is 11.2 Å². The number of ketones is 1. The minimum absolute atomic E-state index is 0.0879. The zero-order chi connectivity index (χ0) is 19.1. The van der Waals surface area contributed by atoms with Crippen LogP contribution in [0.15, 0.2) is 42.9 Å². The van der Waals surface area contributed by atoms with Gasteiger partial charge >= 0.3 is 0 Å². The smallest absolute Gasteiger partial charge is 0.178 e. The first-order chi connectivity index (χ1) is 13.6. The third-order valence-corrected chi connectivity index (χ3v) is 6.23. The van der Waals surface area contributed by atoms with E-state index < -0.39 is 0 Å². The number of nitrogens with one attached hydrogen (secondary N) is 1. The number of anilines is 1. The number of benzene rings is 1. The maximum absolute atomic E-state index is 12.8. The lowest BCUT2D eigenvalue weighted by molar-refractivity contribution is 0.0924. The normalized spacial score (nSPS) is 19.1. The molecule has 2 aliphatic rings. The lowest BCUT2D eigenvalue weighted by Gasteiger charge is -2.25. The first kappa shape index (κ1) is 17.6. The zero-order valence-electron chi connectivity index (χ0n) is 15.6. The molecule has 0 amide bonds. The summed E-state index contributed by atoms with van der Waals surface area (Å²) in [5, 5.41) is 1.58. The second-order valence-electron chi connectivity index (χ2n) is 7.97. The van der Waals surface area contributed by atoms with E-state index in [0.29, 0.717) is 17.1 Å². The van der Waals surface area contributed by atoms with Crippen LogP contribution in [0.4, 0.5) is 5.82 Å². The van der Waals surface area contributed by atoms with Gasteiger partial charge in [-0.2, -0.15) is 0 Å². The fourth-order valence-electron chi connectivity index (χ4n) is 4.24. The lowest BCUT2D eigenvalue weighted by atomic mass is 10.1. The van der Waals surface area contributed by atoms with Gasteiger partial charge in [-0.05, 0) is 31.0 Å². The van der Waals surface area contributed by atoms with E-state index in [0.717, 1.165) is 43.0 Å². The predicted molar refractivity (Wildman–Crippen MR) is 110 cm³/mol. The summed E-state index contributed by atoms with van der Waals surface area (Å²) in [5.41, 5.74) is 1.73. The monoisotopic (exact) mass is 395 g/mol. The molecule has 1 saturated carbocycles. The first-order valence-corrected chi connectivity index (χ1v) is 10.0. The zero-order valence-corrected chi connectivity index (χ0v) is 16.3. The van der Waals surface area contributed by atoms with Gasteiger partial charge in [-0.25, -0.2) is 9.97 Å². The number of hydrogen-bond donors (Lipinski definition) is 1. The maximum Gasteiger partial charge on any atom is 0.178 e. The number of fused-ring (bicyclic) bond motifs is 1. The largest absolute Gasteiger partial charge is 0.354 e. The number of aromatic nitrogens is 3. The van der Waals surface area contributed by atoms with Crippen molar-refractivity contribution in [3.63, 3.8) is 0 Å². The van der Waals surface area contributed by atoms with Gasteiger partial charge in [0, 0.05) is 43.4 Å². The predicted octanol–water partition coefficient (Wildman–Crippen LogP) is 3.40. The van der Waals surface area contributed by atoms with Crippen molar-refractivity contribution in [2.24, 2.45) is 5.41 Å². The van der Waals surface area contributed by atoms with Crippen LogP contribution in [0.25, 0.3) is 11.0 Å². The molecule has 2 fully saturated rings. The van der Waals surface area contributed by atoms with Gasteiger partial charge in [0.05, 0.1) is 17.0 Å². The summed E-state index contributed by atoms with van der Waals surface area (Å²) >= 11 is 6.22. The summed E-state index contributed by atoms with van der Waals surface area (Å²) in [6.45, 7) is 3.99. The van der Waals surface area contributed by atoms with E-state index in [1.807, 2.05) is 30.5 Å². The molecule has 5 rings (SSSR count). The van der Waals surface area contributed by atoms with Crippen LogP contribution in [-0.4, -0.2) is 58.4 Å². The van der Waals surface area contributed by atoms with Gasteiger partial charge in [-0.3, -0.25) is 9.69 Å². The molecule has 144 valence electrons. The van der Waals surface area contributed by atoms with Crippen LogP contribution < -0.4 is 4.90 Å². The number of H-pyrrole nitrogens is 1. The van der Waals surface area contributed by atoms with Crippen molar-refractivity contribution >= 4 is 34.2 Å². The number of halogens is 1. The average Bonchev–Trinajstić information content (AvgIpc) is 3.32. The number of rotatable bonds is 4. The summed E-state index contributed by atoms with van der Waals surface area (Å²) in [6, 6.07) is 9.34. The Morgan fingerprint density at radius 1 is 1.14 bits per heavy atom. The van der Waals surface area contributed by atoms with Crippen molar-refractivity contribution in [2.45, 2.75) is 12.8 Å². The molecule has 1 aliphatic heterocycles. The van der Waals surface area contributed by atoms with Crippen molar-refractivity contribution in [1.29, 1.82) is 0 Å². The SMILES string of the molecule is O=C(CN1CCN(c2ncnc3[nH]ccc23)CC2(CC2)C1)c1ccccc1Cl. The Balaban J connectivity index is 1.36. The molecule has 0 atom stereocenters. The second-order valence-corrected chi connectivity index (χ2v) is 8.38. The van der Waals surface area contributed by atoms with E-state index >= 15 is 0 Å². The van der Waals surface area contributed by atoms with Crippen molar-refractivity contribution < 1.29 is 4.79 Å². The molecule has 7 heteroatoms. The van der Waals surface area contributed by atoms with Gasteiger partial charge in [0.15, 0.2) is 5.78 Å². The second kappa shape index (κ2) is 6.87. The lowest BCUT2D eigenvalue weighted by Crippen LogP contribution is -2.35. The molecule has 0 unspecified atom stereocenters. The number of carbonyl (C=O) groups is 1. The number of carbonyl (C=O) groups excluding carboxylic acids is 1. The van der Waals surface area contributed by atoms with Gasteiger partial charge < -0.3 is 9.88 Å². The Kier molecular flexibility index (Phi) is 4.33. The molecule has 1 N–H and O–H groups in total. The highest BCUT2D eigenvalue weighted by Gasteiger charge is 2.47. The molecular formula is C21H22ClN5O. The van der Waals surface area contributed by atoms with Crippen LogP contribution in [-0.2, 0) is 0 Å². The Bertz CT molecular complexity index is 1030. The van der Waals surface area contributed by atoms with Crippen LogP contribution in [0.2, 0.25) is 5.02 Å². The Labute approximate surface area is 168 Å². The van der Waals surface area contributed by atoms with Crippen molar-refractivity contribution in [2.75, 3.05) is 37.6 Å². The van der Waals surface area contributed by atoms with E-state index in [2.05, 4.69) is 24.8 Å². The van der Waals surface area contributed by atoms with E-state index in [4.69, 9.17) is 11.6 Å². The van der Waals surface area contributed by atoms with Crippen LogP contribution in [0.1, 0.15) is 23.2 Å². The van der Waals surface area contributed by atoms with Crippen LogP contribution in [0, 0.1) is 5.41 Å². The molecule has 0 bridgehead atoms. The molecule has 28 heavy (non-hydrogen) atoms. The molecule has 1 spiro atoms. The minimum Gasteiger partial charge on any atom is -0.354 e. The van der Waals surface area contributed by atoms with Gasteiger partial charge in [-0.1, -0.05) is 23.7 Å². The minimum atomic E-state index is 0.0879. The van der Waals surface area contributed by atoms with Gasteiger partial charge in [0.1, 0.15) is 17.8 Å². The highest BCUT2D eigenvalue weighted by molar-refractivity contribution is 6.34. The Morgan fingerprint density at radius 3 is 2.82 bits per heavy atom. The van der Waals surface area contributed by atoms with E-state index in [1.165, 1.54) is 12.8 Å². The summed E-state index contributed by atoms with van der Waals surface area (Å²) in [4.78, 5) is 29.5. The average molecular weight is 396 g/mol. The molecule has 1 aliphatic carbocycles. The summed E-state index contributed by atoms with van der Waals surface area (Å²) in [7, 11) is 0. The van der Waals surface area contributed by atoms with Crippen LogP contribution in [0.5, 0.6) is 0 Å².